The van der Waals surface area contributed by atoms with Gasteiger partial charge in [0.05, 0.1) is 18.2 Å². The summed E-state index contributed by atoms with van der Waals surface area (Å²) in [6.07, 6.45) is 0.164. The Kier molecular flexibility index (Phi) is 5.82. The van der Waals surface area contributed by atoms with Crippen molar-refractivity contribution >= 4 is 11.6 Å². The van der Waals surface area contributed by atoms with Gasteiger partial charge < -0.3 is 20.5 Å². The Morgan fingerprint density at radius 3 is 2.40 bits per heavy atom. The van der Waals surface area contributed by atoms with E-state index in [1.54, 1.807) is 7.11 Å². The fraction of sp³-hybridized carbons (Fsp3) is 0.533. The Hall–Kier alpha value is -1.75. The van der Waals surface area contributed by atoms with E-state index in [0.29, 0.717) is 12.5 Å². The third-order valence-electron chi connectivity index (χ3n) is 2.68. The molecule has 5 heteroatoms. The SMILES string of the molecule is COC(C)(C)CN=C(N)Nc1ccc(OC(C)C)cc1. The van der Waals surface area contributed by atoms with Crippen LogP contribution in [0.15, 0.2) is 29.3 Å². The van der Waals surface area contributed by atoms with E-state index in [4.69, 9.17) is 15.2 Å². The Morgan fingerprint density at radius 1 is 1.30 bits per heavy atom. The first kappa shape index (κ1) is 16.3. The van der Waals surface area contributed by atoms with Crippen LogP contribution in [0.1, 0.15) is 27.7 Å². The number of benzene rings is 1. The van der Waals surface area contributed by atoms with E-state index in [0.717, 1.165) is 11.4 Å². The molecule has 0 aromatic heterocycles. The summed E-state index contributed by atoms with van der Waals surface area (Å²) in [6, 6.07) is 7.60. The largest absolute Gasteiger partial charge is 0.491 e. The molecule has 0 fully saturated rings. The van der Waals surface area contributed by atoms with Crippen LogP contribution in [0, 0.1) is 0 Å². The first-order valence-electron chi connectivity index (χ1n) is 6.71. The fourth-order valence-electron chi connectivity index (χ4n) is 1.42. The van der Waals surface area contributed by atoms with E-state index < -0.39 is 0 Å². The third kappa shape index (κ3) is 5.93. The smallest absolute Gasteiger partial charge is 0.193 e. The van der Waals surface area contributed by atoms with Crippen molar-refractivity contribution in [3.63, 3.8) is 0 Å². The number of anilines is 1. The van der Waals surface area contributed by atoms with Crippen LogP contribution in [0.5, 0.6) is 5.75 Å². The van der Waals surface area contributed by atoms with Gasteiger partial charge in [-0.05, 0) is 52.0 Å². The van der Waals surface area contributed by atoms with Crippen molar-refractivity contribution < 1.29 is 9.47 Å². The number of rotatable bonds is 6. The van der Waals surface area contributed by atoms with Gasteiger partial charge in [-0.25, -0.2) is 0 Å². The highest BCUT2D eigenvalue weighted by atomic mass is 16.5. The van der Waals surface area contributed by atoms with Crippen molar-refractivity contribution in [2.24, 2.45) is 10.7 Å². The molecule has 3 N–H and O–H groups in total. The number of nitrogens with two attached hydrogens (primary N) is 1. The summed E-state index contributed by atoms with van der Waals surface area (Å²) in [5.74, 6) is 1.20. The zero-order valence-electron chi connectivity index (χ0n) is 12.9. The molecule has 0 amide bonds. The maximum absolute atomic E-state index is 5.84. The summed E-state index contributed by atoms with van der Waals surface area (Å²) in [7, 11) is 1.66. The van der Waals surface area contributed by atoms with Crippen molar-refractivity contribution in [3.05, 3.63) is 24.3 Å². The van der Waals surface area contributed by atoms with Crippen molar-refractivity contribution in [2.45, 2.75) is 39.4 Å². The molecular weight excluding hydrogens is 254 g/mol. The van der Waals surface area contributed by atoms with E-state index in [1.165, 1.54) is 0 Å². The lowest BCUT2D eigenvalue weighted by atomic mass is 10.1. The van der Waals surface area contributed by atoms with Gasteiger partial charge in [-0.2, -0.15) is 0 Å². The molecular formula is C15H25N3O2. The Labute approximate surface area is 121 Å². The summed E-state index contributed by atoms with van der Waals surface area (Å²) < 4.78 is 10.9. The number of aliphatic imine (C=N–C) groups is 1. The normalized spacial score (nSPS) is 12.6. The Morgan fingerprint density at radius 2 is 1.90 bits per heavy atom. The molecule has 0 saturated carbocycles. The van der Waals surface area contributed by atoms with Gasteiger partial charge in [0.25, 0.3) is 0 Å². The number of methoxy groups -OCH3 is 1. The number of ether oxygens (including phenoxy) is 2. The standard InChI is InChI=1S/C15H25N3O2/c1-11(2)20-13-8-6-12(7-9-13)18-14(16)17-10-15(3,4)19-5/h6-9,11H,10H2,1-5H3,(H3,16,17,18). The molecule has 5 nitrogen and oxygen atoms in total. The van der Waals surface area contributed by atoms with Gasteiger partial charge in [-0.15, -0.1) is 0 Å². The van der Waals surface area contributed by atoms with Crippen molar-refractivity contribution in [1.82, 2.24) is 0 Å². The molecule has 0 atom stereocenters. The average molecular weight is 279 g/mol. The highest BCUT2D eigenvalue weighted by molar-refractivity contribution is 5.92. The molecule has 112 valence electrons. The lowest BCUT2D eigenvalue weighted by Gasteiger charge is -2.20. The maximum Gasteiger partial charge on any atom is 0.193 e. The van der Waals surface area contributed by atoms with Gasteiger partial charge in [-0.3, -0.25) is 4.99 Å². The second-order valence-corrected chi connectivity index (χ2v) is 5.48. The second-order valence-electron chi connectivity index (χ2n) is 5.48. The Balaban J connectivity index is 2.57. The van der Waals surface area contributed by atoms with Crippen LogP contribution in [0.4, 0.5) is 5.69 Å². The molecule has 0 aliphatic carbocycles. The zero-order chi connectivity index (χ0) is 15.2. The molecule has 1 aromatic carbocycles. The van der Waals surface area contributed by atoms with Crippen LogP contribution in [-0.2, 0) is 4.74 Å². The summed E-state index contributed by atoms with van der Waals surface area (Å²) in [6.45, 7) is 8.41. The summed E-state index contributed by atoms with van der Waals surface area (Å²) in [4.78, 5) is 4.26. The van der Waals surface area contributed by atoms with E-state index >= 15 is 0 Å². The number of guanidine groups is 1. The van der Waals surface area contributed by atoms with Crippen LogP contribution in [0.25, 0.3) is 0 Å². The summed E-state index contributed by atoms with van der Waals surface area (Å²) >= 11 is 0. The Bertz CT molecular complexity index is 439. The molecule has 0 radical (unpaired) electrons. The van der Waals surface area contributed by atoms with Gasteiger partial charge in [0.2, 0.25) is 0 Å². The van der Waals surface area contributed by atoms with Gasteiger partial charge in [0, 0.05) is 12.8 Å². The highest BCUT2D eigenvalue weighted by Gasteiger charge is 2.15. The van der Waals surface area contributed by atoms with Crippen LogP contribution in [0.3, 0.4) is 0 Å². The lowest BCUT2D eigenvalue weighted by molar-refractivity contribution is 0.0312. The summed E-state index contributed by atoms with van der Waals surface area (Å²) in [5, 5.41) is 3.04. The predicted octanol–water partition coefficient (Wildman–Crippen LogP) is 2.63. The molecule has 0 bridgehead atoms. The van der Waals surface area contributed by atoms with E-state index in [-0.39, 0.29) is 11.7 Å². The topological polar surface area (TPSA) is 68.9 Å². The van der Waals surface area contributed by atoms with E-state index in [1.807, 2.05) is 52.0 Å². The third-order valence-corrected chi connectivity index (χ3v) is 2.68. The molecule has 0 saturated heterocycles. The van der Waals surface area contributed by atoms with Crippen molar-refractivity contribution in [1.29, 1.82) is 0 Å². The summed E-state index contributed by atoms with van der Waals surface area (Å²) in [5.41, 5.74) is 6.39. The molecule has 0 unspecified atom stereocenters. The van der Waals surface area contributed by atoms with Gasteiger partial charge >= 0.3 is 0 Å². The minimum atomic E-state index is -0.318. The second kappa shape index (κ2) is 7.14. The number of nitrogens with zero attached hydrogens (tertiary/aromatic N) is 1. The molecule has 0 aliphatic heterocycles. The minimum Gasteiger partial charge on any atom is -0.491 e. The predicted molar refractivity (Wildman–Crippen MR) is 83.4 cm³/mol. The number of hydrogen-bond donors (Lipinski definition) is 2. The van der Waals surface area contributed by atoms with E-state index in [9.17, 15) is 0 Å². The fourth-order valence-corrected chi connectivity index (χ4v) is 1.42. The average Bonchev–Trinajstić information content (AvgIpc) is 2.38. The maximum atomic E-state index is 5.84. The molecule has 1 rings (SSSR count). The van der Waals surface area contributed by atoms with Crippen LogP contribution < -0.4 is 15.8 Å². The number of hydrogen-bond acceptors (Lipinski definition) is 3. The molecule has 1 aromatic rings. The first-order chi connectivity index (χ1) is 9.32. The van der Waals surface area contributed by atoms with Crippen LogP contribution in [-0.4, -0.2) is 31.3 Å². The molecule has 0 heterocycles. The van der Waals surface area contributed by atoms with E-state index in [2.05, 4.69) is 10.3 Å². The number of nitrogens with one attached hydrogen (secondary N) is 1. The van der Waals surface area contributed by atoms with Gasteiger partial charge in [-0.1, -0.05) is 0 Å². The monoisotopic (exact) mass is 279 g/mol. The molecule has 0 spiro atoms. The lowest BCUT2D eigenvalue weighted by Crippen LogP contribution is -2.30. The van der Waals surface area contributed by atoms with Crippen LogP contribution >= 0.6 is 0 Å². The van der Waals surface area contributed by atoms with Crippen molar-refractivity contribution in [2.75, 3.05) is 19.0 Å². The van der Waals surface area contributed by atoms with Gasteiger partial charge in [0.1, 0.15) is 5.75 Å². The van der Waals surface area contributed by atoms with Gasteiger partial charge in [0.15, 0.2) is 5.96 Å². The quantitative estimate of drug-likeness (QED) is 0.620. The molecule has 20 heavy (non-hydrogen) atoms. The first-order valence-corrected chi connectivity index (χ1v) is 6.71. The minimum absolute atomic E-state index is 0.164. The zero-order valence-corrected chi connectivity index (χ0v) is 12.9. The van der Waals surface area contributed by atoms with Crippen LogP contribution in [0.2, 0.25) is 0 Å². The molecule has 0 aliphatic rings. The highest BCUT2D eigenvalue weighted by Crippen LogP contribution is 2.16. The van der Waals surface area contributed by atoms with Crippen molar-refractivity contribution in [3.8, 4) is 5.75 Å².